The molecule has 5 nitrogen and oxygen atoms in total. The summed E-state index contributed by atoms with van der Waals surface area (Å²) in [5.74, 6) is 3.18. The van der Waals surface area contributed by atoms with Gasteiger partial charge in [-0.05, 0) is 36.4 Å². The molecule has 0 atom stereocenters. The zero-order chi connectivity index (χ0) is 20.0. The number of para-hydroxylation sites is 1. The fraction of sp³-hybridized carbons (Fsp3) is 0.364. The van der Waals surface area contributed by atoms with Crippen molar-refractivity contribution in [3.05, 3.63) is 46.2 Å². The highest BCUT2D eigenvalue weighted by Gasteiger charge is 2.33. The molecule has 0 saturated heterocycles. The number of methoxy groups -OCH3 is 1. The highest BCUT2D eigenvalue weighted by Crippen LogP contribution is 2.30. The fourth-order valence-electron chi connectivity index (χ4n) is 3.41. The Morgan fingerprint density at radius 1 is 1.18 bits per heavy atom. The summed E-state index contributed by atoms with van der Waals surface area (Å²) in [5.41, 5.74) is -0.149. The van der Waals surface area contributed by atoms with E-state index in [0.29, 0.717) is 21.9 Å². The topological polar surface area (TPSA) is 64.6 Å². The van der Waals surface area contributed by atoms with E-state index in [-0.39, 0.29) is 18.3 Å². The number of thiophene rings is 1. The number of ketones is 1. The number of amides is 1. The van der Waals surface area contributed by atoms with Crippen LogP contribution in [0.25, 0.3) is 0 Å². The van der Waals surface area contributed by atoms with Crippen LogP contribution < -0.4 is 14.8 Å². The molecule has 1 saturated carbocycles. The minimum atomic E-state index is -0.593. The van der Waals surface area contributed by atoms with Gasteiger partial charge >= 0.3 is 0 Å². The van der Waals surface area contributed by atoms with E-state index in [1.54, 1.807) is 35.7 Å². The van der Waals surface area contributed by atoms with E-state index < -0.39 is 5.54 Å². The molecule has 0 spiro atoms. The maximum Gasteiger partial charge on any atom is 0.266 e. The third kappa shape index (κ3) is 4.37. The van der Waals surface area contributed by atoms with Gasteiger partial charge in [-0.2, -0.15) is 0 Å². The maximum atomic E-state index is 12.8. The third-order valence-electron chi connectivity index (χ3n) is 4.94. The van der Waals surface area contributed by atoms with Crippen LogP contribution in [0.2, 0.25) is 0 Å². The molecule has 1 aromatic heterocycles. The lowest BCUT2D eigenvalue weighted by molar-refractivity contribution is 0.0883. The van der Waals surface area contributed by atoms with E-state index >= 15 is 0 Å². The van der Waals surface area contributed by atoms with Gasteiger partial charge in [-0.25, -0.2) is 0 Å². The zero-order valence-corrected chi connectivity index (χ0v) is 16.6. The highest BCUT2D eigenvalue weighted by atomic mass is 32.1. The Morgan fingerprint density at radius 3 is 2.64 bits per heavy atom. The number of carbonyl (C=O) groups is 2. The smallest absolute Gasteiger partial charge is 0.266 e. The predicted molar refractivity (Wildman–Crippen MR) is 109 cm³/mol. The second-order valence-corrected chi connectivity index (χ2v) is 7.68. The summed E-state index contributed by atoms with van der Waals surface area (Å²) in [4.78, 5) is 25.7. The molecule has 1 aromatic carbocycles. The molecule has 1 N–H and O–H groups in total. The Morgan fingerprint density at radius 2 is 1.93 bits per heavy atom. The molecule has 1 heterocycles. The predicted octanol–water partition coefficient (Wildman–Crippen LogP) is 4.08. The minimum absolute atomic E-state index is 0.183. The molecule has 1 amide bonds. The van der Waals surface area contributed by atoms with E-state index in [0.717, 1.165) is 32.1 Å². The molecule has 1 aliphatic carbocycles. The van der Waals surface area contributed by atoms with Crippen LogP contribution in [-0.4, -0.2) is 30.9 Å². The molecular formula is C22H23NO4S. The summed E-state index contributed by atoms with van der Waals surface area (Å²) >= 11 is 1.27. The fourth-order valence-corrected chi connectivity index (χ4v) is 4.14. The van der Waals surface area contributed by atoms with Gasteiger partial charge in [-0.3, -0.25) is 9.59 Å². The van der Waals surface area contributed by atoms with Crippen LogP contribution in [0.5, 0.6) is 11.5 Å². The van der Waals surface area contributed by atoms with Crippen molar-refractivity contribution in [3.63, 3.8) is 0 Å². The highest BCUT2D eigenvalue weighted by molar-refractivity contribution is 7.12. The average molecular weight is 397 g/mol. The normalized spacial score (nSPS) is 15.3. The van der Waals surface area contributed by atoms with Crippen molar-refractivity contribution in [3.8, 4) is 23.8 Å². The van der Waals surface area contributed by atoms with Gasteiger partial charge in [0.25, 0.3) is 5.91 Å². The first-order chi connectivity index (χ1) is 13.6. The second-order valence-electron chi connectivity index (χ2n) is 6.77. The molecule has 146 valence electrons. The number of terminal acetylenes is 1. The lowest BCUT2D eigenvalue weighted by Crippen LogP contribution is -2.48. The lowest BCUT2D eigenvalue weighted by atomic mass is 9.82. The summed E-state index contributed by atoms with van der Waals surface area (Å²) < 4.78 is 10.9. The largest absolute Gasteiger partial charge is 0.496 e. The SMILES string of the molecule is C#CC1(NC(=O)c2sccc2OCC(=O)c2ccccc2OC)CCCCC1. The van der Waals surface area contributed by atoms with Gasteiger partial charge in [0.1, 0.15) is 21.9 Å². The van der Waals surface area contributed by atoms with Crippen molar-refractivity contribution in [2.45, 2.75) is 37.6 Å². The van der Waals surface area contributed by atoms with E-state index in [9.17, 15) is 9.59 Å². The quantitative estimate of drug-likeness (QED) is 0.565. The van der Waals surface area contributed by atoms with Crippen molar-refractivity contribution in [2.75, 3.05) is 13.7 Å². The molecule has 1 aliphatic rings. The molecular weight excluding hydrogens is 374 g/mol. The standard InChI is InChI=1S/C22H23NO4S/c1-3-22(12-7-4-8-13-22)23-21(25)20-19(11-14-28-20)27-15-17(24)16-9-5-6-10-18(16)26-2/h1,5-6,9-11,14H,4,7-8,12-13,15H2,2H3,(H,23,25). The first-order valence-electron chi connectivity index (χ1n) is 9.25. The number of hydrogen-bond donors (Lipinski definition) is 1. The van der Waals surface area contributed by atoms with Gasteiger partial charge in [-0.15, -0.1) is 17.8 Å². The molecule has 0 bridgehead atoms. The summed E-state index contributed by atoms with van der Waals surface area (Å²) in [7, 11) is 1.51. The Labute approximate surface area is 169 Å². The van der Waals surface area contributed by atoms with Gasteiger partial charge in [0.05, 0.1) is 12.7 Å². The first kappa shape index (κ1) is 20.0. The van der Waals surface area contributed by atoms with Gasteiger partial charge < -0.3 is 14.8 Å². The van der Waals surface area contributed by atoms with Crippen molar-refractivity contribution >= 4 is 23.0 Å². The molecule has 6 heteroatoms. The maximum absolute atomic E-state index is 12.8. The van der Waals surface area contributed by atoms with Crippen LogP contribution in [0.15, 0.2) is 35.7 Å². The Balaban J connectivity index is 1.67. The molecule has 1 fully saturated rings. The summed E-state index contributed by atoms with van der Waals surface area (Å²) in [6.07, 6.45) is 10.4. The summed E-state index contributed by atoms with van der Waals surface area (Å²) in [6.45, 7) is -0.183. The number of nitrogens with one attached hydrogen (secondary N) is 1. The van der Waals surface area contributed by atoms with Crippen LogP contribution >= 0.6 is 11.3 Å². The lowest BCUT2D eigenvalue weighted by Gasteiger charge is -2.33. The van der Waals surface area contributed by atoms with Crippen LogP contribution in [0.1, 0.15) is 52.1 Å². The van der Waals surface area contributed by atoms with E-state index in [1.807, 2.05) is 0 Å². The van der Waals surface area contributed by atoms with Crippen molar-refractivity contribution in [2.24, 2.45) is 0 Å². The molecule has 28 heavy (non-hydrogen) atoms. The van der Waals surface area contributed by atoms with Crippen LogP contribution in [0.3, 0.4) is 0 Å². The van der Waals surface area contributed by atoms with Crippen molar-refractivity contribution in [1.82, 2.24) is 5.32 Å². The number of hydrogen-bond acceptors (Lipinski definition) is 5. The van der Waals surface area contributed by atoms with Gasteiger partial charge in [0.15, 0.2) is 6.61 Å². The van der Waals surface area contributed by atoms with Crippen molar-refractivity contribution in [1.29, 1.82) is 0 Å². The molecule has 2 aromatic rings. The Bertz CT molecular complexity index is 890. The van der Waals surface area contributed by atoms with E-state index in [1.165, 1.54) is 18.4 Å². The number of ether oxygens (including phenoxy) is 2. The first-order valence-corrected chi connectivity index (χ1v) is 10.1. The average Bonchev–Trinajstić information content (AvgIpc) is 3.21. The summed E-state index contributed by atoms with van der Waals surface area (Å²) in [5, 5.41) is 4.78. The third-order valence-corrected chi connectivity index (χ3v) is 5.83. The Kier molecular flexibility index (Phi) is 6.37. The van der Waals surface area contributed by atoms with Crippen molar-refractivity contribution < 1.29 is 19.1 Å². The van der Waals surface area contributed by atoms with Crippen LogP contribution in [0.4, 0.5) is 0 Å². The molecule has 0 radical (unpaired) electrons. The second kappa shape index (κ2) is 8.94. The Hall–Kier alpha value is -2.78. The molecule has 0 aliphatic heterocycles. The van der Waals surface area contributed by atoms with E-state index in [2.05, 4.69) is 11.2 Å². The summed E-state index contributed by atoms with van der Waals surface area (Å²) in [6, 6.07) is 8.66. The molecule has 3 rings (SSSR count). The number of benzene rings is 1. The number of Topliss-reactive ketones (excluding diaryl/α,β-unsaturated/α-hetero) is 1. The van der Waals surface area contributed by atoms with Gasteiger partial charge in [0, 0.05) is 0 Å². The van der Waals surface area contributed by atoms with E-state index in [4.69, 9.17) is 15.9 Å². The van der Waals surface area contributed by atoms with Gasteiger partial charge in [-0.1, -0.05) is 37.3 Å². The van der Waals surface area contributed by atoms with Gasteiger partial charge in [0.2, 0.25) is 5.78 Å². The zero-order valence-electron chi connectivity index (χ0n) is 15.8. The number of carbonyl (C=O) groups excluding carboxylic acids is 2. The van der Waals surface area contributed by atoms with Crippen LogP contribution in [0, 0.1) is 12.3 Å². The number of rotatable bonds is 7. The monoisotopic (exact) mass is 397 g/mol. The van der Waals surface area contributed by atoms with Crippen LogP contribution in [-0.2, 0) is 0 Å². The minimum Gasteiger partial charge on any atom is -0.496 e. The molecule has 0 unspecified atom stereocenters.